The average Bonchev–Trinajstić information content (AvgIpc) is 2.90. The van der Waals surface area contributed by atoms with Crippen LogP contribution in [0.5, 0.6) is 0 Å². The second-order valence-electron chi connectivity index (χ2n) is 4.31. The molecule has 0 radical (unpaired) electrons. The minimum Gasteiger partial charge on any atom is -0.464 e. The van der Waals surface area contributed by atoms with Crippen LogP contribution < -0.4 is 0 Å². The van der Waals surface area contributed by atoms with Gasteiger partial charge in [-0.05, 0) is 6.07 Å². The van der Waals surface area contributed by atoms with Gasteiger partial charge in [0, 0.05) is 30.4 Å². The van der Waals surface area contributed by atoms with Gasteiger partial charge < -0.3 is 14.1 Å². The van der Waals surface area contributed by atoms with Gasteiger partial charge in [-0.1, -0.05) is 18.2 Å². The van der Waals surface area contributed by atoms with Crippen LogP contribution in [0.1, 0.15) is 10.4 Å². The summed E-state index contributed by atoms with van der Waals surface area (Å²) in [6.07, 6.45) is 1.47. The third kappa shape index (κ3) is 2.47. The summed E-state index contributed by atoms with van der Waals surface area (Å²) < 4.78 is 10.6. The van der Waals surface area contributed by atoms with E-state index in [1.54, 1.807) is 0 Å². The maximum atomic E-state index is 12.1. The van der Waals surface area contributed by atoms with Crippen LogP contribution >= 0.6 is 0 Å². The molecular weight excluding hydrogens is 242 g/mol. The molecule has 0 bridgehead atoms. The van der Waals surface area contributed by atoms with E-state index in [9.17, 15) is 4.79 Å². The van der Waals surface area contributed by atoms with E-state index in [1.165, 1.54) is 6.26 Å². The first kappa shape index (κ1) is 11.8. The van der Waals surface area contributed by atoms with Gasteiger partial charge in [0.15, 0.2) is 0 Å². The molecule has 4 heteroatoms. The monoisotopic (exact) mass is 255 g/mol. The number of nitrogens with zero attached hydrogens (tertiary/aromatic N) is 1. The van der Waals surface area contributed by atoms with Crippen molar-refractivity contribution in [3.8, 4) is 12.0 Å². The molecule has 4 nitrogen and oxygen atoms in total. The number of carbonyl (C=O) groups is 1. The average molecular weight is 255 g/mol. The predicted molar refractivity (Wildman–Crippen MR) is 70.7 cm³/mol. The van der Waals surface area contributed by atoms with Gasteiger partial charge in [0.2, 0.25) is 5.78 Å². The highest BCUT2D eigenvalue weighted by atomic mass is 16.5. The van der Waals surface area contributed by atoms with Crippen LogP contribution in [0.2, 0.25) is 0 Å². The first-order valence-electron chi connectivity index (χ1n) is 6.19. The van der Waals surface area contributed by atoms with Crippen molar-refractivity contribution >= 4 is 16.8 Å². The Morgan fingerprint density at radius 3 is 2.84 bits per heavy atom. The summed E-state index contributed by atoms with van der Waals surface area (Å²) in [6.45, 7) is 2.81. The predicted octanol–water partition coefficient (Wildman–Crippen LogP) is 1.91. The zero-order chi connectivity index (χ0) is 13.1. The zero-order valence-electron chi connectivity index (χ0n) is 10.4. The van der Waals surface area contributed by atoms with Gasteiger partial charge in [0.1, 0.15) is 11.8 Å². The SMILES string of the molecule is O=C(C#CN1CCOCC1)c1coc2ccccc12. The zero-order valence-corrected chi connectivity index (χ0v) is 10.4. The summed E-state index contributed by atoms with van der Waals surface area (Å²) in [5.41, 5.74) is 1.23. The van der Waals surface area contributed by atoms with E-state index >= 15 is 0 Å². The minimum absolute atomic E-state index is 0.212. The third-order valence-corrected chi connectivity index (χ3v) is 3.06. The van der Waals surface area contributed by atoms with Gasteiger partial charge in [-0.3, -0.25) is 4.79 Å². The van der Waals surface area contributed by atoms with E-state index in [4.69, 9.17) is 9.15 Å². The van der Waals surface area contributed by atoms with E-state index < -0.39 is 0 Å². The Bertz CT molecular complexity index is 657. The molecule has 0 N–H and O–H groups in total. The molecule has 0 unspecified atom stereocenters. The van der Waals surface area contributed by atoms with Crippen molar-refractivity contribution in [2.45, 2.75) is 0 Å². The molecule has 19 heavy (non-hydrogen) atoms. The van der Waals surface area contributed by atoms with Crippen molar-refractivity contribution < 1.29 is 13.9 Å². The summed E-state index contributed by atoms with van der Waals surface area (Å²) in [5, 5.41) is 0.809. The highest BCUT2D eigenvalue weighted by Gasteiger charge is 2.12. The van der Waals surface area contributed by atoms with Crippen LogP contribution in [0.3, 0.4) is 0 Å². The normalized spacial score (nSPS) is 15.1. The van der Waals surface area contributed by atoms with Crippen LogP contribution in [0.25, 0.3) is 11.0 Å². The van der Waals surface area contributed by atoms with Crippen LogP contribution in [0, 0.1) is 12.0 Å². The summed E-state index contributed by atoms with van der Waals surface area (Å²) in [4.78, 5) is 14.0. The molecule has 0 amide bonds. The number of fused-ring (bicyclic) bond motifs is 1. The molecule has 1 saturated heterocycles. The summed E-state index contributed by atoms with van der Waals surface area (Å²) in [7, 11) is 0. The fourth-order valence-electron chi connectivity index (χ4n) is 2.03. The Morgan fingerprint density at radius 2 is 2.00 bits per heavy atom. The lowest BCUT2D eigenvalue weighted by atomic mass is 10.1. The van der Waals surface area contributed by atoms with Gasteiger partial charge in [0.25, 0.3) is 0 Å². The molecule has 0 spiro atoms. The maximum absolute atomic E-state index is 12.1. The van der Waals surface area contributed by atoms with Crippen molar-refractivity contribution in [3.63, 3.8) is 0 Å². The van der Waals surface area contributed by atoms with Crippen molar-refractivity contribution in [3.05, 3.63) is 36.1 Å². The van der Waals surface area contributed by atoms with E-state index in [1.807, 2.05) is 29.2 Å². The van der Waals surface area contributed by atoms with Crippen molar-refractivity contribution in [2.75, 3.05) is 26.3 Å². The topological polar surface area (TPSA) is 42.7 Å². The molecule has 1 aliphatic rings. The molecule has 3 rings (SSSR count). The Balaban J connectivity index is 1.82. The molecule has 0 aliphatic carbocycles. The number of hydrogen-bond acceptors (Lipinski definition) is 4. The number of Topliss-reactive ketones (excluding diaryl/α,β-unsaturated/α-hetero) is 1. The van der Waals surface area contributed by atoms with Gasteiger partial charge in [-0.15, -0.1) is 0 Å². The van der Waals surface area contributed by atoms with Crippen LogP contribution in [0.4, 0.5) is 0 Å². The maximum Gasteiger partial charge on any atom is 0.241 e. The summed E-state index contributed by atoms with van der Waals surface area (Å²) in [5.74, 6) is 2.46. The summed E-state index contributed by atoms with van der Waals surface area (Å²) >= 11 is 0. The fraction of sp³-hybridized carbons (Fsp3) is 0.267. The number of ketones is 1. The van der Waals surface area contributed by atoms with E-state index in [0.717, 1.165) is 18.5 Å². The summed E-state index contributed by atoms with van der Waals surface area (Å²) in [6, 6.07) is 10.3. The number of hydrogen-bond donors (Lipinski definition) is 0. The molecule has 0 saturated carbocycles. The highest BCUT2D eigenvalue weighted by molar-refractivity contribution is 6.15. The minimum atomic E-state index is -0.212. The van der Waals surface area contributed by atoms with E-state index in [2.05, 4.69) is 12.0 Å². The van der Waals surface area contributed by atoms with E-state index in [0.29, 0.717) is 24.4 Å². The molecule has 1 aromatic heterocycles. The molecular formula is C15H13NO3. The lowest BCUT2D eigenvalue weighted by Gasteiger charge is -2.22. The van der Waals surface area contributed by atoms with Crippen molar-refractivity contribution in [1.29, 1.82) is 0 Å². The van der Waals surface area contributed by atoms with Crippen molar-refractivity contribution in [2.24, 2.45) is 0 Å². The van der Waals surface area contributed by atoms with Gasteiger partial charge in [-0.25, -0.2) is 0 Å². The van der Waals surface area contributed by atoms with Crippen LogP contribution in [-0.2, 0) is 4.74 Å². The quantitative estimate of drug-likeness (QED) is 0.576. The van der Waals surface area contributed by atoms with Crippen LogP contribution in [-0.4, -0.2) is 37.0 Å². The molecule has 1 fully saturated rings. The molecule has 96 valence electrons. The fourth-order valence-corrected chi connectivity index (χ4v) is 2.03. The lowest BCUT2D eigenvalue weighted by Crippen LogP contribution is -2.32. The Hall–Kier alpha value is -2.25. The standard InChI is InChI=1S/C15H13NO3/c17-14(5-6-16-7-9-18-10-8-16)13-11-19-15-4-2-1-3-12(13)15/h1-4,11H,7-10H2. The first-order valence-corrected chi connectivity index (χ1v) is 6.19. The number of rotatable bonds is 1. The van der Waals surface area contributed by atoms with Gasteiger partial charge in [0.05, 0.1) is 18.8 Å². The largest absolute Gasteiger partial charge is 0.464 e. The molecule has 1 aromatic carbocycles. The Labute approximate surface area is 110 Å². The number of ether oxygens (including phenoxy) is 1. The number of furan rings is 1. The van der Waals surface area contributed by atoms with Crippen molar-refractivity contribution in [1.82, 2.24) is 4.90 Å². The van der Waals surface area contributed by atoms with Gasteiger partial charge in [-0.2, -0.15) is 0 Å². The first-order chi connectivity index (χ1) is 9.34. The number of carbonyl (C=O) groups excluding carboxylic acids is 1. The highest BCUT2D eigenvalue weighted by Crippen LogP contribution is 2.20. The number of benzene rings is 1. The second-order valence-corrected chi connectivity index (χ2v) is 4.31. The molecule has 0 atom stereocenters. The Kier molecular flexibility index (Phi) is 3.21. The number of morpholine rings is 1. The second kappa shape index (κ2) is 5.17. The van der Waals surface area contributed by atoms with Gasteiger partial charge >= 0.3 is 0 Å². The third-order valence-electron chi connectivity index (χ3n) is 3.06. The Morgan fingerprint density at radius 1 is 1.21 bits per heavy atom. The molecule has 2 aromatic rings. The van der Waals surface area contributed by atoms with E-state index in [-0.39, 0.29) is 5.78 Å². The molecule has 1 aliphatic heterocycles. The van der Waals surface area contributed by atoms with Crippen LogP contribution in [0.15, 0.2) is 34.9 Å². The molecule has 2 heterocycles. The smallest absolute Gasteiger partial charge is 0.241 e. The lowest BCUT2D eigenvalue weighted by molar-refractivity contribution is 0.0637. The number of para-hydroxylation sites is 1.